The van der Waals surface area contributed by atoms with E-state index >= 15 is 0 Å². The van der Waals surface area contributed by atoms with Crippen molar-refractivity contribution < 1.29 is 8.78 Å². The molecule has 3 nitrogen and oxygen atoms in total. The molecule has 0 radical (unpaired) electrons. The minimum absolute atomic E-state index is 0.280. The van der Waals surface area contributed by atoms with E-state index in [1.807, 2.05) is 0 Å². The fraction of sp³-hybridized carbons (Fsp3) is 0.231. The number of benzene rings is 1. The van der Waals surface area contributed by atoms with Gasteiger partial charge in [-0.1, -0.05) is 0 Å². The predicted molar refractivity (Wildman–Crippen MR) is 65.2 cm³/mol. The molecule has 1 unspecified atom stereocenters. The van der Waals surface area contributed by atoms with Crippen molar-refractivity contribution in [2.45, 2.75) is 19.9 Å². The molecule has 0 saturated carbocycles. The van der Waals surface area contributed by atoms with Gasteiger partial charge in [0.2, 0.25) is 0 Å². The van der Waals surface area contributed by atoms with Crippen molar-refractivity contribution in [2.24, 2.45) is 0 Å². The molecule has 0 fully saturated rings. The van der Waals surface area contributed by atoms with Crippen LogP contribution in [-0.2, 0) is 0 Å². The Hall–Kier alpha value is -2.04. The molecule has 1 atom stereocenters. The number of nitrogens with one attached hydrogen (secondary N) is 1. The second kappa shape index (κ2) is 5.08. The van der Waals surface area contributed by atoms with Crippen LogP contribution in [-0.4, -0.2) is 9.97 Å². The highest BCUT2D eigenvalue weighted by atomic mass is 19.1. The first-order valence-corrected chi connectivity index (χ1v) is 5.55. The molecule has 0 aliphatic heterocycles. The van der Waals surface area contributed by atoms with E-state index in [0.29, 0.717) is 11.3 Å². The highest BCUT2D eigenvalue weighted by Crippen LogP contribution is 2.23. The monoisotopic (exact) mass is 249 g/mol. The smallest absolute Gasteiger partial charge is 0.128 e. The van der Waals surface area contributed by atoms with E-state index in [2.05, 4.69) is 15.3 Å². The first-order chi connectivity index (χ1) is 8.58. The molecule has 0 bridgehead atoms. The van der Waals surface area contributed by atoms with Crippen LogP contribution in [0.5, 0.6) is 0 Å². The average molecular weight is 249 g/mol. The molecular weight excluding hydrogens is 236 g/mol. The lowest BCUT2D eigenvalue weighted by molar-refractivity contribution is 0.571. The van der Waals surface area contributed by atoms with Crippen LogP contribution in [0.3, 0.4) is 0 Å². The SMILES string of the molecule is Cc1cc(F)c(C(C)Nc2cncnc2)cc1F. The number of hydrogen-bond acceptors (Lipinski definition) is 3. The van der Waals surface area contributed by atoms with E-state index in [-0.39, 0.29) is 11.6 Å². The van der Waals surface area contributed by atoms with Gasteiger partial charge in [0.1, 0.15) is 18.0 Å². The van der Waals surface area contributed by atoms with Crippen molar-refractivity contribution in [1.29, 1.82) is 0 Å². The van der Waals surface area contributed by atoms with Crippen molar-refractivity contribution in [2.75, 3.05) is 5.32 Å². The van der Waals surface area contributed by atoms with Gasteiger partial charge in [-0.2, -0.15) is 0 Å². The molecule has 1 aromatic carbocycles. The molecular formula is C13H13F2N3. The number of aryl methyl sites for hydroxylation is 1. The topological polar surface area (TPSA) is 37.8 Å². The summed E-state index contributed by atoms with van der Waals surface area (Å²) < 4.78 is 27.2. The average Bonchev–Trinajstić information content (AvgIpc) is 2.35. The van der Waals surface area contributed by atoms with Gasteiger partial charge < -0.3 is 5.32 Å². The van der Waals surface area contributed by atoms with Crippen molar-refractivity contribution >= 4 is 5.69 Å². The van der Waals surface area contributed by atoms with E-state index in [4.69, 9.17) is 0 Å². The van der Waals surface area contributed by atoms with Crippen molar-refractivity contribution in [3.05, 3.63) is 53.6 Å². The summed E-state index contributed by atoms with van der Waals surface area (Å²) in [6.07, 6.45) is 4.56. The predicted octanol–water partition coefficient (Wildman–Crippen LogP) is 3.24. The number of hydrogen-bond donors (Lipinski definition) is 1. The molecule has 2 aromatic rings. The number of aromatic nitrogens is 2. The first-order valence-electron chi connectivity index (χ1n) is 5.55. The molecule has 1 heterocycles. The molecule has 0 spiro atoms. The molecule has 0 aliphatic carbocycles. The van der Waals surface area contributed by atoms with E-state index in [9.17, 15) is 8.78 Å². The Morgan fingerprint density at radius 2 is 1.78 bits per heavy atom. The summed E-state index contributed by atoms with van der Waals surface area (Å²) in [7, 11) is 0. The molecule has 0 amide bonds. The Balaban J connectivity index is 2.24. The maximum atomic E-state index is 13.7. The van der Waals surface area contributed by atoms with Crippen molar-refractivity contribution in [1.82, 2.24) is 9.97 Å². The normalized spacial score (nSPS) is 12.2. The summed E-state index contributed by atoms with van der Waals surface area (Å²) in [5.41, 5.74) is 1.24. The van der Waals surface area contributed by atoms with Gasteiger partial charge in [-0.25, -0.2) is 18.7 Å². The maximum absolute atomic E-state index is 13.7. The van der Waals surface area contributed by atoms with Gasteiger partial charge in [0.05, 0.1) is 24.1 Å². The Morgan fingerprint density at radius 3 is 2.44 bits per heavy atom. The van der Waals surface area contributed by atoms with E-state index in [0.717, 1.165) is 0 Å². The zero-order valence-corrected chi connectivity index (χ0v) is 10.1. The lowest BCUT2D eigenvalue weighted by Gasteiger charge is -2.16. The van der Waals surface area contributed by atoms with Gasteiger partial charge in [0, 0.05) is 5.56 Å². The Labute approximate surface area is 104 Å². The highest BCUT2D eigenvalue weighted by Gasteiger charge is 2.13. The fourth-order valence-electron chi connectivity index (χ4n) is 1.69. The molecule has 1 aromatic heterocycles. The zero-order chi connectivity index (χ0) is 13.1. The van der Waals surface area contributed by atoms with Gasteiger partial charge in [0.15, 0.2) is 0 Å². The summed E-state index contributed by atoms with van der Waals surface area (Å²) in [5.74, 6) is -0.838. The van der Waals surface area contributed by atoms with Crippen LogP contribution in [0.15, 0.2) is 30.9 Å². The summed E-state index contributed by atoms with van der Waals surface area (Å²) in [6.45, 7) is 3.28. The lowest BCUT2D eigenvalue weighted by atomic mass is 10.0. The molecule has 0 aliphatic rings. The van der Waals surface area contributed by atoms with Gasteiger partial charge in [-0.05, 0) is 31.5 Å². The number of rotatable bonds is 3. The standard InChI is InChI=1S/C13H13F2N3/c1-8-3-13(15)11(4-12(8)14)9(2)18-10-5-16-7-17-6-10/h3-7,9,18H,1-2H3. The first kappa shape index (κ1) is 12.4. The van der Waals surface area contributed by atoms with Gasteiger partial charge >= 0.3 is 0 Å². The third kappa shape index (κ3) is 2.61. The van der Waals surface area contributed by atoms with Crippen LogP contribution in [0.1, 0.15) is 24.1 Å². The molecule has 0 saturated heterocycles. The highest BCUT2D eigenvalue weighted by molar-refractivity contribution is 5.41. The summed E-state index contributed by atoms with van der Waals surface area (Å²) >= 11 is 0. The van der Waals surface area contributed by atoms with Crippen LogP contribution >= 0.6 is 0 Å². The van der Waals surface area contributed by atoms with Crippen molar-refractivity contribution in [3.8, 4) is 0 Å². The third-order valence-electron chi connectivity index (χ3n) is 2.69. The Bertz CT molecular complexity index is 543. The number of halogens is 2. The third-order valence-corrected chi connectivity index (χ3v) is 2.69. The zero-order valence-electron chi connectivity index (χ0n) is 10.1. The summed E-state index contributed by atoms with van der Waals surface area (Å²) in [4.78, 5) is 7.69. The van der Waals surface area contributed by atoms with E-state index < -0.39 is 11.6 Å². The van der Waals surface area contributed by atoms with Gasteiger partial charge in [-0.15, -0.1) is 0 Å². The maximum Gasteiger partial charge on any atom is 0.128 e. The van der Waals surface area contributed by atoms with E-state index in [1.165, 1.54) is 25.4 Å². The molecule has 2 rings (SSSR count). The Kier molecular flexibility index (Phi) is 3.50. The van der Waals surface area contributed by atoms with Crippen molar-refractivity contribution in [3.63, 3.8) is 0 Å². The second-order valence-corrected chi connectivity index (χ2v) is 4.12. The van der Waals surface area contributed by atoms with Crippen LogP contribution < -0.4 is 5.32 Å². The van der Waals surface area contributed by atoms with Gasteiger partial charge in [0.25, 0.3) is 0 Å². The molecule has 5 heteroatoms. The van der Waals surface area contributed by atoms with Crippen LogP contribution in [0.4, 0.5) is 14.5 Å². The quantitative estimate of drug-likeness (QED) is 0.907. The molecule has 1 N–H and O–H groups in total. The van der Waals surface area contributed by atoms with Crippen LogP contribution in [0, 0.1) is 18.6 Å². The number of anilines is 1. The van der Waals surface area contributed by atoms with Gasteiger partial charge in [-0.3, -0.25) is 0 Å². The Morgan fingerprint density at radius 1 is 1.11 bits per heavy atom. The summed E-state index contributed by atoms with van der Waals surface area (Å²) in [5, 5.41) is 3.01. The molecule has 94 valence electrons. The summed E-state index contributed by atoms with van der Waals surface area (Å²) in [6, 6.07) is 2.04. The van der Waals surface area contributed by atoms with E-state index in [1.54, 1.807) is 19.3 Å². The largest absolute Gasteiger partial charge is 0.376 e. The minimum Gasteiger partial charge on any atom is -0.376 e. The second-order valence-electron chi connectivity index (χ2n) is 4.12. The molecule has 18 heavy (non-hydrogen) atoms. The minimum atomic E-state index is -0.425. The van der Waals surface area contributed by atoms with Crippen LogP contribution in [0.25, 0.3) is 0 Å². The lowest BCUT2D eigenvalue weighted by Crippen LogP contribution is -2.10. The number of nitrogens with zero attached hydrogens (tertiary/aromatic N) is 2. The van der Waals surface area contributed by atoms with Crippen LogP contribution in [0.2, 0.25) is 0 Å². The fourth-order valence-corrected chi connectivity index (χ4v) is 1.69.